The summed E-state index contributed by atoms with van der Waals surface area (Å²) in [5.41, 5.74) is 3.58. The Labute approximate surface area is 162 Å². The zero-order chi connectivity index (χ0) is 19.2. The number of ether oxygens (including phenoxy) is 1. The molecule has 2 aromatic carbocycles. The van der Waals surface area contributed by atoms with E-state index in [4.69, 9.17) is 4.74 Å². The highest BCUT2D eigenvalue weighted by Gasteiger charge is 2.21. The lowest BCUT2D eigenvalue weighted by atomic mass is 10.1. The van der Waals surface area contributed by atoms with Crippen LogP contribution in [-0.4, -0.2) is 48.0 Å². The summed E-state index contributed by atoms with van der Waals surface area (Å²) in [4.78, 5) is 17.0. The zero-order valence-electron chi connectivity index (χ0n) is 16.6. The van der Waals surface area contributed by atoms with Gasteiger partial charge in [-0.3, -0.25) is 9.69 Å². The van der Waals surface area contributed by atoms with Gasteiger partial charge in [-0.25, -0.2) is 0 Å². The Kier molecular flexibility index (Phi) is 6.51. The van der Waals surface area contributed by atoms with Gasteiger partial charge in [0.15, 0.2) is 0 Å². The van der Waals surface area contributed by atoms with E-state index in [-0.39, 0.29) is 12.0 Å². The van der Waals surface area contributed by atoms with Gasteiger partial charge in [0, 0.05) is 32.7 Å². The van der Waals surface area contributed by atoms with Crippen molar-refractivity contribution in [1.82, 2.24) is 9.80 Å². The summed E-state index contributed by atoms with van der Waals surface area (Å²) in [6.45, 7) is 10.5. The Hall–Kier alpha value is -2.33. The van der Waals surface area contributed by atoms with Crippen molar-refractivity contribution in [3.05, 3.63) is 65.2 Å². The number of hydrogen-bond donors (Lipinski definition) is 0. The minimum Gasteiger partial charge on any atom is -0.491 e. The van der Waals surface area contributed by atoms with E-state index in [1.807, 2.05) is 36.9 Å². The number of nitrogens with zero attached hydrogens (tertiary/aromatic N) is 2. The third-order valence-corrected chi connectivity index (χ3v) is 5.00. The molecule has 1 amide bonds. The molecule has 3 rings (SSSR count). The number of benzene rings is 2. The molecule has 27 heavy (non-hydrogen) atoms. The van der Waals surface area contributed by atoms with E-state index in [0.717, 1.165) is 44.0 Å². The minimum atomic E-state index is 0.183. The molecular weight excluding hydrogens is 336 g/mol. The Balaban J connectivity index is 1.50. The third-order valence-electron chi connectivity index (χ3n) is 5.00. The van der Waals surface area contributed by atoms with Crippen LogP contribution >= 0.6 is 0 Å². The van der Waals surface area contributed by atoms with Gasteiger partial charge in [0.2, 0.25) is 5.91 Å². The van der Waals surface area contributed by atoms with Crippen molar-refractivity contribution in [3.63, 3.8) is 0 Å². The molecule has 4 heteroatoms. The summed E-state index contributed by atoms with van der Waals surface area (Å²) in [5, 5.41) is 0. The van der Waals surface area contributed by atoms with Gasteiger partial charge in [0.05, 0.1) is 12.5 Å². The first kappa shape index (κ1) is 19.4. The van der Waals surface area contributed by atoms with E-state index in [1.165, 1.54) is 11.1 Å². The Morgan fingerprint density at radius 3 is 2.48 bits per heavy atom. The molecule has 144 valence electrons. The summed E-state index contributed by atoms with van der Waals surface area (Å²) in [6.07, 6.45) is 0.685. The monoisotopic (exact) mass is 366 g/mol. The molecule has 1 fully saturated rings. The van der Waals surface area contributed by atoms with Gasteiger partial charge in [0.1, 0.15) is 5.75 Å². The van der Waals surface area contributed by atoms with Crippen LogP contribution in [0.1, 0.15) is 30.5 Å². The molecule has 0 saturated carbocycles. The lowest BCUT2D eigenvalue weighted by Gasteiger charge is -2.35. The lowest BCUT2D eigenvalue weighted by molar-refractivity contribution is -0.132. The van der Waals surface area contributed by atoms with Crippen molar-refractivity contribution in [2.75, 3.05) is 26.2 Å². The van der Waals surface area contributed by atoms with Gasteiger partial charge in [-0.2, -0.15) is 0 Å². The van der Waals surface area contributed by atoms with Crippen LogP contribution in [-0.2, 0) is 17.8 Å². The van der Waals surface area contributed by atoms with Crippen molar-refractivity contribution in [3.8, 4) is 5.75 Å². The van der Waals surface area contributed by atoms with Crippen molar-refractivity contribution >= 4 is 5.91 Å². The SMILES string of the molecule is Cc1ccccc1CC(=O)N1CCN(Cc2cccc(OC(C)C)c2)CC1. The van der Waals surface area contributed by atoms with Gasteiger partial charge in [-0.15, -0.1) is 0 Å². The zero-order valence-corrected chi connectivity index (χ0v) is 16.6. The van der Waals surface area contributed by atoms with E-state index in [0.29, 0.717) is 6.42 Å². The van der Waals surface area contributed by atoms with Crippen molar-refractivity contribution in [2.24, 2.45) is 0 Å². The maximum Gasteiger partial charge on any atom is 0.227 e. The fraction of sp³-hybridized carbons (Fsp3) is 0.435. The van der Waals surface area contributed by atoms with Gasteiger partial charge in [-0.05, 0) is 49.6 Å². The van der Waals surface area contributed by atoms with E-state index in [1.54, 1.807) is 0 Å². The second-order valence-corrected chi connectivity index (χ2v) is 7.57. The van der Waals surface area contributed by atoms with Crippen LogP contribution < -0.4 is 4.74 Å². The minimum absolute atomic E-state index is 0.183. The Bertz CT molecular complexity index is 764. The molecular formula is C23H30N2O2. The Morgan fingerprint density at radius 2 is 1.78 bits per heavy atom. The molecule has 1 aliphatic rings. The van der Waals surface area contributed by atoms with E-state index in [9.17, 15) is 4.79 Å². The van der Waals surface area contributed by atoms with Crippen LogP contribution in [0.2, 0.25) is 0 Å². The molecule has 0 unspecified atom stereocenters. The van der Waals surface area contributed by atoms with Crippen molar-refractivity contribution in [2.45, 2.75) is 39.8 Å². The summed E-state index contributed by atoms with van der Waals surface area (Å²) in [5.74, 6) is 1.16. The molecule has 0 atom stereocenters. The smallest absolute Gasteiger partial charge is 0.227 e. The fourth-order valence-corrected chi connectivity index (χ4v) is 3.49. The van der Waals surface area contributed by atoms with Gasteiger partial charge in [0.25, 0.3) is 0 Å². The summed E-state index contributed by atoms with van der Waals surface area (Å²) in [6, 6.07) is 16.5. The predicted octanol–water partition coefficient (Wildman–Crippen LogP) is 3.67. The normalized spacial score (nSPS) is 15.2. The van der Waals surface area contributed by atoms with Crippen molar-refractivity contribution < 1.29 is 9.53 Å². The number of piperazine rings is 1. The van der Waals surface area contributed by atoms with E-state index in [2.05, 4.69) is 42.2 Å². The number of hydrogen-bond acceptors (Lipinski definition) is 3. The van der Waals surface area contributed by atoms with Crippen LogP contribution in [0, 0.1) is 6.92 Å². The fourth-order valence-electron chi connectivity index (χ4n) is 3.49. The number of rotatable bonds is 6. The quantitative estimate of drug-likeness (QED) is 0.782. The second-order valence-electron chi connectivity index (χ2n) is 7.57. The average molecular weight is 367 g/mol. The van der Waals surface area contributed by atoms with Gasteiger partial charge in [-0.1, -0.05) is 36.4 Å². The standard InChI is InChI=1S/C23H30N2O2/c1-18(2)27-22-10-6-8-20(15-22)17-24-11-13-25(14-12-24)23(26)16-21-9-5-4-7-19(21)3/h4-10,15,18H,11-14,16-17H2,1-3H3. The Morgan fingerprint density at radius 1 is 1.04 bits per heavy atom. The molecule has 1 aliphatic heterocycles. The predicted molar refractivity (Wildman–Crippen MR) is 109 cm³/mol. The van der Waals surface area contributed by atoms with E-state index >= 15 is 0 Å². The van der Waals surface area contributed by atoms with Crippen molar-refractivity contribution in [1.29, 1.82) is 0 Å². The summed E-state index contributed by atoms with van der Waals surface area (Å²) >= 11 is 0. The van der Waals surface area contributed by atoms with Crippen LogP contribution in [0.5, 0.6) is 5.75 Å². The number of carbonyl (C=O) groups is 1. The van der Waals surface area contributed by atoms with Crippen LogP contribution in [0.15, 0.2) is 48.5 Å². The highest BCUT2D eigenvalue weighted by atomic mass is 16.5. The molecule has 0 aromatic heterocycles. The summed E-state index contributed by atoms with van der Waals surface area (Å²) < 4.78 is 5.79. The molecule has 0 radical (unpaired) electrons. The lowest BCUT2D eigenvalue weighted by Crippen LogP contribution is -2.48. The molecule has 1 heterocycles. The molecule has 0 bridgehead atoms. The highest BCUT2D eigenvalue weighted by molar-refractivity contribution is 5.79. The van der Waals surface area contributed by atoms with Crippen LogP contribution in [0.25, 0.3) is 0 Å². The second kappa shape index (κ2) is 9.05. The highest BCUT2D eigenvalue weighted by Crippen LogP contribution is 2.17. The first-order valence-electron chi connectivity index (χ1n) is 9.81. The molecule has 4 nitrogen and oxygen atoms in total. The average Bonchev–Trinajstić information content (AvgIpc) is 2.64. The first-order chi connectivity index (χ1) is 13.0. The molecule has 1 saturated heterocycles. The summed E-state index contributed by atoms with van der Waals surface area (Å²) in [7, 11) is 0. The van der Waals surface area contributed by atoms with E-state index < -0.39 is 0 Å². The number of carbonyl (C=O) groups excluding carboxylic acids is 1. The maximum atomic E-state index is 12.6. The topological polar surface area (TPSA) is 32.8 Å². The number of amides is 1. The molecule has 2 aromatic rings. The first-order valence-corrected chi connectivity index (χ1v) is 9.81. The maximum absolute atomic E-state index is 12.6. The molecule has 0 aliphatic carbocycles. The van der Waals surface area contributed by atoms with Gasteiger partial charge < -0.3 is 9.64 Å². The van der Waals surface area contributed by atoms with Gasteiger partial charge >= 0.3 is 0 Å². The largest absolute Gasteiger partial charge is 0.491 e. The molecule has 0 spiro atoms. The number of aryl methyl sites for hydroxylation is 1. The van der Waals surface area contributed by atoms with Crippen LogP contribution in [0.4, 0.5) is 0 Å². The molecule has 0 N–H and O–H groups in total. The van der Waals surface area contributed by atoms with Crippen LogP contribution in [0.3, 0.4) is 0 Å². The third kappa shape index (κ3) is 5.57.